The highest BCUT2D eigenvalue weighted by Crippen LogP contribution is 2.56. The zero-order chi connectivity index (χ0) is 23.4. The molecule has 2 aliphatic heterocycles. The molecule has 0 saturated carbocycles. The van der Waals surface area contributed by atoms with Crippen LogP contribution in [0.5, 0.6) is 0 Å². The molecule has 2 amide bonds. The monoisotopic (exact) mass is 472 g/mol. The standard InChI is InChI=1S/C24H16F4N2O2S/c25-17-7-3-5-15(11-17)13-29-20-10-2-1-9-19(20)23(22(29)32)30(21(31)14-33-23)18-8-4-6-16(12-18)24(26,27)28/h1-12H,13-14H2/t23-/m0/s1. The molecule has 0 bridgehead atoms. The molecule has 4 nitrogen and oxygen atoms in total. The molecule has 5 rings (SSSR count). The second-order valence-corrected chi connectivity index (χ2v) is 8.92. The first-order valence-corrected chi connectivity index (χ1v) is 11.0. The van der Waals surface area contributed by atoms with Crippen LogP contribution < -0.4 is 9.80 Å². The maximum Gasteiger partial charge on any atom is 0.416 e. The zero-order valence-electron chi connectivity index (χ0n) is 17.0. The summed E-state index contributed by atoms with van der Waals surface area (Å²) in [7, 11) is 0. The van der Waals surface area contributed by atoms with Gasteiger partial charge in [-0.3, -0.25) is 14.5 Å². The van der Waals surface area contributed by atoms with Crippen molar-refractivity contribution in [2.24, 2.45) is 0 Å². The second kappa shape index (κ2) is 7.62. The Morgan fingerprint density at radius 3 is 2.45 bits per heavy atom. The van der Waals surface area contributed by atoms with Gasteiger partial charge in [-0.05, 0) is 42.0 Å². The normalized spacial score (nSPS) is 20.1. The van der Waals surface area contributed by atoms with E-state index in [1.807, 2.05) is 0 Å². The van der Waals surface area contributed by atoms with E-state index >= 15 is 0 Å². The first kappa shape index (κ1) is 21.5. The number of para-hydroxylation sites is 1. The number of hydrogen-bond acceptors (Lipinski definition) is 3. The van der Waals surface area contributed by atoms with Gasteiger partial charge in [0.1, 0.15) is 5.82 Å². The number of anilines is 2. The molecule has 33 heavy (non-hydrogen) atoms. The molecule has 0 aromatic heterocycles. The van der Waals surface area contributed by atoms with E-state index in [0.717, 1.165) is 23.9 Å². The van der Waals surface area contributed by atoms with E-state index in [0.29, 0.717) is 16.8 Å². The van der Waals surface area contributed by atoms with Crippen molar-refractivity contribution in [2.45, 2.75) is 17.6 Å². The van der Waals surface area contributed by atoms with Gasteiger partial charge in [-0.1, -0.05) is 36.4 Å². The van der Waals surface area contributed by atoms with Gasteiger partial charge in [-0.2, -0.15) is 13.2 Å². The maximum atomic E-state index is 13.9. The van der Waals surface area contributed by atoms with Crippen molar-refractivity contribution < 1.29 is 27.2 Å². The fourth-order valence-corrected chi connectivity index (χ4v) is 5.71. The predicted octanol–water partition coefficient (Wildman–Crippen LogP) is 5.32. The van der Waals surface area contributed by atoms with Crippen molar-refractivity contribution in [1.29, 1.82) is 0 Å². The van der Waals surface area contributed by atoms with E-state index in [4.69, 9.17) is 0 Å². The minimum absolute atomic E-state index is 0.00409. The van der Waals surface area contributed by atoms with Crippen LogP contribution in [0.2, 0.25) is 0 Å². The zero-order valence-corrected chi connectivity index (χ0v) is 17.8. The van der Waals surface area contributed by atoms with E-state index in [1.54, 1.807) is 30.3 Å². The van der Waals surface area contributed by atoms with Crippen LogP contribution in [-0.2, 0) is 27.2 Å². The molecular formula is C24H16F4N2O2S. The third kappa shape index (κ3) is 3.38. The van der Waals surface area contributed by atoms with Gasteiger partial charge in [0.2, 0.25) is 10.8 Å². The Morgan fingerprint density at radius 1 is 0.939 bits per heavy atom. The Hall–Kier alpha value is -3.33. The molecule has 1 saturated heterocycles. The molecule has 0 radical (unpaired) electrons. The van der Waals surface area contributed by atoms with E-state index in [-0.39, 0.29) is 18.0 Å². The van der Waals surface area contributed by atoms with Crippen LogP contribution in [0.25, 0.3) is 0 Å². The summed E-state index contributed by atoms with van der Waals surface area (Å²) in [6, 6.07) is 17.1. The van der Waals surface area contributed by atoms with Crippen LogP contribution in [0.15, 0.2) is 72.8 Å². The molecule has 2 aliphatic rings. The Morgan fingerprint density at radius 2 is 1.70 bits per heavy atom. The molecule has 0 unspecified atom stereocenters. The maximum absolute atomic E-state index is 13.9. The van der Waals surface area contributed by atoms with Gasteiger partial charge in [-0.25, -0.2) is 4.39 Å². The first-order chi connectivity index (χ1) is 15.7. The van der Waals surface area contributed by atoms with Crippen LogP contribution in [0.4, 0.5) is 28.9 Å². The van der Waals surface area contributed by atoms with Gasteiger partial charge in [0.25, 0.3) is 5.91 Å². The number of carbonyl (C=O) groups excluding carboxylic acids is 2. The van der Waals surface area contributed by atoms with Crippen molar-refractivity contribution in [1.82, 2.24) is 0 Å². The quantitative estimate of drug-likeness (QED) is 0.485. The predicted molar refractivity (Wildman–Crippen MR) is 117 cm³/mol. The summed E-state index contributed by atoms with van der Waals surface area (Å²) in [6.07, 6.45) is -4.60. The molecule has 1 atom stereocenters. The second-order valence-electron chi connectivity index (χ2n) is 7.75. The number of halogens is 4. The third-order valence-corrected chi connectivity index (χ3v) is 7.11. The minimum atomic E-state index is -4.60. The number of rotatable bonds is 3. The Labute approximate surface area is 190 Å². The topological polar surface area (TPSA) is 40.6 Å². The average Bonchev–Trinajstić information content (AvgIpc) is 3.24. The van der Waals surface area contributed by atoms with Gasteiger partial charge >= 0.3 is 6.18 Å². The van der Waals surface area contributed by atoms with Crippen molar-refractivity contribution in [3.63, 3.8) is 0 Å². The van der Waals surface area contributed by atoms with Crippen LogP contribution >= 0.6 is 11.8 Å². The molecule has 2 heterocycles. The summed E-state index contributed by atoms with van der Waals surface area (Å²) in [4.78, 5) is 27.9. The fraction of sp³-hybridized carbons (Fsp3) is 0.167. The Bertz CT molecular complexity index is 1280. The smallest absolute Gasteiger partial charge is 0.304 e. The van der Waals surface area contributed by atoms with Gasteiger partial charge < -0.3 is 4.90 Å². The lowest BCUT2D eigenvalue weighted by atomic mass is 10.0. The van der Waals surface area contributed by atoms with Crippen LogP contribution in [0.3, 0.4) is 0 Å². The molecular weight excluding hydrogens is 456 g/mol. The number of fused-ring (bicyclic) bond motifs is 2. The fourth-order valence-electron chi connectivity index (χ4n) is 4.35. The van der Waals surface area contributed by atoms with Crippen LogP contribution in [0, 0.1) is 5.82 Å². The van der Waals surface area contributed by atoms with Gasteiger partial charge in [-0.15, -0.1) is 11.8 Å². The number of benzene rings is 3. The van der Waals surface area contributed by atoms with Crippen molar-refractivity contribution in [2.75, 3.05) is 15.6 Å². The molecule has 3 aromatic rings. The number of thioether (sulfide) groups is 1. The van der Waals surface area contributed by atoms with Gasteiger partial charge in [0.15, 0.2) is 0 Å². The van der Waals surface area contributed by atoms with E-state index in [1.165, 1.54) is 40.1 Å². The Balaban J connectivity index is 1.64. The third-order valence-electron chi connectivity index (χ3n) is 5.73. The van der Waals surface area contributed by atoms with Gasteiger partial charge in [0.05, 0.1) is 23.5 Å². The van der Waals surface area contributed by atoms with E-state index in [2.05, 4.69) is 0 Å². The molecule has 168 valence electrons. The summed E-state index contributed by atoms with van der Waals surface area (Å²) < 4.78 is 53.8. The average molecular weight is 472 g/mol. The number of hydrogen-bond donors (Lipinski definition) is 0. The minimum Gasteiger partial charge on any atom is -0.304 e. The molecule has 1 spiro atoms. The van der Waals surface area contributed by atoms with Crippen LogP contribution in [0.1, 0.15) is 16.7 Å². The van der Waals surface area contributed by atoms with Crippen molar-refractivity contribution >= 4 is 35.0 Å². The molecule has 9 heteroatoms. The highest BCUT2D eigenvalue weighted by atomic mass is 32.2. The number of alkyl halides is 3. The lowest BCUT2D eigenvalue weighted by Crippen LogP contribution is -2.49. The number of amides is 2. The number of nitrogens with zero attached hydrogens (tertiary/aromatic N) is 2. The lowest BCUT2D eigenvalue weighted by Gasteiger charge is -2.33. The largest absolute Gasteiger partial charge is 0.416 e. The van der Waals surface area contributed by atoms with E-state index in [9.17, 15) is 27.2 Å². The van der Waals surface area contributed by atoms with Gasteiger partial charge in [0, 0.05) is 11.3 Å². The molecule has 3 aromatic carbocycles. The first-order valence-electron chi connectivity index (χ1n) is 10.0. The summed E-state index contributed by atoms with van der Waals surface area (Å²) in [5.41, 5.74) is 0.687. The summed E-state index contributed by atoms with van der Waals surface area (Å²) in [6.45, 7) is 0.0561. The summed E-state index contributed by atoms with van der Waals surface area (Å²) in [5.74, 6) is -1.43. The SMILES string of the molecule is O=C1CS[C@@]2(C(=O)N(Cc3cccc(F)c3)c3ccccc32)N1c1cccc(C(F)(F)F)c1. The highest BCUT2D eigenvalue weighted by Gasteiger charge is 2.61. The summed E-state index contributed by atoms with van der Waals surface area (Å²) in [5, 5.41) is 0. The molecule has 1 fully saturated rings. The highest BCUT2D eigenvalue weighted by molar-refractivity contribution is 8.02. The van der Waals surface area contributed by atoms with Crippen LogP contribution in [-0.4, -0.2) is 17.6 Å². The van der Waals surface area contributed by atoms with Crippen molar-refractivity contribution in [3.05, 3.63) is 95.3 Å². The number of carbonyl (C=O) groups is 2. The molecule has 0 aliphatic carbocycles. The Kier molecular flexibility index (Phi) is 4.97. The van der Waals surface area contributed by atoms with Crippen molar-refractivity contribution in [3.8, 4) is 0 Å². The lowest BCUT2D eigenvalue weighted by molar-refractivity contribution is -0.137. The molecule has 0 N–H and O–H groups in total. The van der Waals surface area contributed by atoms with E-state index < -0.39 is 34.2 Å². The summed E-state index contributed by atoms with van der Waals surface area (Å²) >= 11 is 1.07.